The maximum atomic E-state index is 9.12. The summed E-state index contributed by atoms with van der Waals surface area (Å²) in [6.07, 6.45) is 1.08. The molecule has 1 atom stereocenters. The molecule has 2 rings (SSSR count). The lowest BCUT2D eigenvalue weighted by Crippen LogP contribution is -2.36. The van der Waals surface area contributed by atoms with E-state index in [-0.39, 0.29) is 6.61 Å². The molecule has 1 aliphatic rings. The molecule has 0 bridgehead atoms. The van der Waals surface area contributed by atoms with E-state index >= 15 is 0 Å². The number of nitriles is 1. The van der Waals surface area contributed by atoms with Crippen molar-refractivity contribution in [1.82, 2.24) is 4.90 Å². The summed E-state index contributed by atoms with van der Waals surface area (Å²) in [5, 5.41) is 18.1. The zero-order chi connectivity index (χ0) is 13.0. The third-order valence-electron chi connectivity index (χ3n) is 3.60. The van der Waals surface area contributed by atoms with Crippen LogP contribution in [0.5, 0.6) is 0 Å². The van der Waals surface area contributed by atoms with E-state index in [1.165, 1.54) is 0 Å². The fraction of sp³-hybridized carbons (Fsp3) is 0.500. The summed E-state index contributed by atoms with van der Waals surface area (Å²) in [4.78, 5) is 4.45. The minimum Gasteiger partial charge on any atom is -0.395 e. The number of aliphatic hydroxyl groups excluding tert-OH is 1. The van der Waals surface area contributed by atoms with Gasteiger partial charge in [-0.1, -0.05) is 12.1 Å². The Morgan fingerprint density at radius 2 is 2.28 bits per heavy atom. The van der Waals surface area contributed by atoms with Gasteiger partial charge in [0.05, 0.1) is 17.9 Å². The lowest BCUT2D eigenvalue weighted by molar-refractivity contribution is 0.188. The van der Waals surface area contributed by atoms with Crippen LogP contribution in [-0.2, 0) is 0 Å². The van der Waals surface area contributed by atoms with Gasteiger partial charge in [-0.05, 0) is 25.6 Å². The Morgan fingerprint density at radius 1 is 1.50 bits per heavy atom. The highest BCUT2D eigenvalue weighted by Gasteiger charge is 2.26. The molecule has 1 unspecified atom stereocenters. The van der Waals surface area contributed by atoms with Crippen molar-refractivity contribution in [2.75, 3.05) is 38.2 Å². The molecule has 1 aliphatic heterocycles. The Kier molecular flexibility index (Phi) is 4.19. The number of aliphatic hydroxyl groups is 1. The van der Waals surface area contributed by atoms with Crippen molar-refractivity contribution in [2.45, 2.75) is 12.5 Å². The predicted octanol–water partition coefficient (Wildman–Crippen LogP) is 1.06. The second kappa shape index (κ2) is 5.85. The standard InChI is InChI=1S/C14H19N3O/c1-16(8-9-18)13-6-7-17(11-13)14-5-3-2-4-12(14)10-15/h2-5,13,18H,6-9,11H2,1H3. The van der Waals surface area contributed by atoms with Gasteiger partial charge in [-0.3, -0.25) is 4.90 Å². The first-order valence-corrected chi connectivity index (χ1v) is 6.31. The maximum absolute atomic E-state index is 9.12. The number of likely N-dealkylation sites (N-methyl/N-ethyl adjacent to an activating group) is 1. The van der Waals surface area contributed by atoms with Gasteiger partial charge in [0.2, 0.25) is 0 Å². The molecule has 0 aliphatic carbocycles. The third kappa shape index (κ3) is 2.63. The minimum absolute atomic E-state index is 0.196. The highest BCUT2D eigenvalue weighted by Crippen LogP contribution is 2.25. The second-order valence-corrected chi connectivity index (χ2v) is 4.72. The number of rotatable bonds is 4. The van der Waals surface area contributed by atoms with Crippen LogP contribution in [0.3, 0.4) is 0 Å². The molecule has 4 nitrogen and oxygen atoms in total. The van der Waals surface area contributed by atoms with Gasteiger partial charge in [-0.2, -0.15) is 5.26 Å². The smallest absolute Gasteiger partial charge is 0.101 e. The molecule has 4 heteroatoms. The number of hydrogen-bond acceptors (Lipinski definition) is 4. The quantitative estimate of drug-likeness (QED) is 0.862. The van der Waals surface area contributed by atoms with E-state index in [9.17, 15) is 0 Å². The lowest BCUT2D eigenvalue weighted by Gasteiger charge is -2.24. The van der Waals surface area contributed by atoms with E-state index in [0.717, 1.165) is 30.8 Å². The fourth-order valence-electron chi connectivity index (χ4n) is 2.50. The number of hydrogen-bond donors (Lipinski definition) is 1. The van der Waals surface area contributed by atoms with Crippen molar-refractivity contribution in [2.24, 2.45) is 0 Å². The molecule has 18 heavy (non-hydrogen) atoms. The van der Waals surface area contributed by atoms with Crippen molar-refractivity contribution in [3.8, 4) is 6.07 Å². The van der Waals surface area contributed by atoms with Gasteiger partial charge in [0.25, 0.3) is 0 Å². The van der Waals surface area contributed by atoms with Crippen molar-refractivity contribution in [3.63, 3.8) is 0 Å². The molecule has 0 aromatic heterocycles. The normalized spacial score (nSPS) is 19.2. The highest BCUT2D eigenvalue weighted by molar-refractivity contribution is 5.59. The number of benzene rings is 1. The van der Waals surface area contributed by atoms with Crippen LogP contribution in [0.2, 0.25) is 0 Å². The molecule has 1 aromatic carbocycles. The summed E-state index contributed by atoms with van der Waals surface area (Å²) in [5.41, 5.74) is 1.77. The highest BCUT2D eigenvalue weighted by atomic mass is 16.3. The SMILES string of the molecule is CN(CCO)C1CCN(c2ccccc2C#N)C1. The minimum atomic E-state index is 0.196. The van der Waals surface area contributed by atoms with E-state index in [0.29, 0.717) is 12.6 Å². The Morgan fingerprint density at radius 3 is 3.00 bits per heavy atom. The van der Waals surface area contributed by atoms with Crippen molar-refractivity contribution >= 4 is 5.69 Å². The Hall–Kier alpha value is -1.57. The molecule has 1 fully saturated rings. The maximum Gasteiger partial charge on any atom is 0.101 e. The summed E-state index contributed by atoms with van der Waals surface area (Å²) < 4.78 is 0. The van der Waals surface area contributed by atoms with Crippen LogP contribution < -0.4 is 4.90 Å². The van der Waals surface area contributed by atoms with Gasteiger partial charge in [0.15, 0.2) is 0 Å². The summed E-state index contributed by atoms with van der Waals surface area (Å²) in [7, 11) is 2.04. The lowest BCUT2D eigenvalue weighted by atomic mass is 10.2. The van der Waals surface area contributed by atoms with Gasteiger partial charge in [0, 0.05) is 25.7 Å². The largest absolute Gasteiger partial charge is 0.395 e. The molecule has 0 spiro atoms. The first kappa shape index (κ1) is 12.9. The van der Waals surface area contributed by atoms with Gasteiger partial charge in [-0.15, -0.1) is 0 Å². The first-order chi connectivity index (χ1) is 8.76. The fourth-order valence-corrected chi connectivity index (χ4v) is 2.50. The van der Waals surface area contributed by atoms with Gasteiger partial charge < -0.3 is 10.0 Å². The summed E-state index contributed by atoms with van der Waals surface area (Å²) >= 11 is 0. The van der Waals surface area contributed by atoms with E-state index in [1.54, 1.807) is 0 Å². The molecule has 1 saturated heterocycles. The van der Waals surface area contributed by atoms with E-state index in [2.05, 4.69) is 15.9 Å². The molecular weight excluding hydrogens is 226 g/mol. The number of anilines is 1. The van der Waals surface area contributed by atoms with Gasteiger partial charge in [-0.25, -0.2) is 0 Å². The van der Waals surface area contributed by atoms with Crippen molar-refractivity contribution in [3.05, 3.63) is 29.8 Å². The molecule has 0 amide bonds. The van der Waals surface area contributed by atoms with Crippen LogP contribution >= 0.6 is 0 Å². The Bertz CT molecular complexity index is 441. The molecule has 96 valence electrons. The van der Waals surface area contributed by atoms with Crippen LogP contribution in [0.4, 0.5) is 5.69 Å². The van der Waals surface area contributed by atoms with Crippen LogP contribution in [0.15, 0.2) is 24.3 Å². The molecule has 1 heterocycles. The summed E-state index contributed by atoms with van der Waals surface area (Å²) in [6.45, 7) is 2.80. The molecular formula is C14H19N3O. The zero-order valence-electron chi connectivity index (χ0n) is 10.7. The molecule has 1 aromatic rings. The summed E-state index contributed by atoms with van der Waals surface area (Å²) in [5.74, 6) is 0. The van der Waals surface area contributed by atoms with Crippen LogP contribution in [0, 0.1) is 11.3 Å². The predicted molar refractivity (Wildman–Crippen MR) is 71.5 cm³/mol. The number of para-hydroxylation sites is 1. The van der Waals surface area contributed by atoms with E-state index in [4.69, 9.17) is 10.4 Å². The molecule has 1 N–H and O–H groups in total. The molecule has 0 radical (unpaired) electrons. The third-order valence-corrected chi connectivity index (χ3v) is 3.60. The summed E-state index contributed by atoms with van der Waals surface area (Å²) in [6, 6.07) is 10.4. The average molecular weight is 245 g/mol. The first-order valence-electron chi connectivity index (χ1n) is 6.31. The topological polar surface area (TPSA) is 50.5 Å². The van der Waals surface area contributed by atoms with Crippen LogP contribution in [0.1, 0.15) is 12.0 Å². The second-order valence-electron chi connectivity index (χ2n) is 4.72. The monoisotopic (exact) mass is 245 g/mol. The molecule has 0 saturated carbocycles. The Balaban J connectivity index is 2.07. The van der Waals surface area contributed by atoms with Crippen LogP contribution in [-0.4, -0.2) is 49.3 Å². The van der Waals surface area contributed by atoms with Gasteiger partial charge >= 0.3 is 0 Å². The van der Waals surface area contributed by atoms with Crippen molar-refractivity contribution in [1.29, 1.82) is 5.26 Å². The van der Waals surface area contributed by atoms with Crippen LogP contribution in [0.25, 0.3) is 0 Å². The van der Waals surface area contributed by atoms with E-state index in [1.807, 2.05) is 31.3 Å². The average Bonchev–Trinajstić information content (AvgIpc) is 2.88. The Labute approximate surface area is 108 Å². The van der Waals surface area contributed by atoms with E-state index < -0.39 is 0 Å². The van der Waals surface area contributed by atoms with Gasteiger partial charge in [0.1, 0.15) is 6.07 Å². The van der Waals surface area contributed by atoms with Crippen molar-refractivity contribution < 1.29 is 5.11 Å². The number of nitrogens with zero attached hydrogens (tertiary/aromatic N) is 3. The zero-order valence-corrected chi connectivity index (χ0v) is 10.7.